The standard InChI is InChI=1S/C29H34O3/c1-28-14-12-21-22-13-15-29(31-16-17-32-29)27(20-6-4-19(5-7-20)18-2-3-18)24(22)9-8-23(21)25(28)10-11-26(28)30/h4-7,18,23,25H,2-3,8-17H2,1H3/t23-,25+,28+/m1/s1. The number of hydrogen-bond acceptors (Lipinski definition) is 3. The first kappa shape index (κ1) is 19.7. The van der Waals surface area contributed by atoms with E-state index in [0.717, 1.165) is 50.9 Å². The number of Topliss-reactive ketones (excluding diaryl/α,β-unsaturated/α-hetero) is 1. The number of carbonyl (C=O) groups excluding carboxylic acids is 1. The molecule has 0 bridgehead atoms. The van der Waals surface area contributed by atoms with Crippen molar-refractivity contribution in [1.82, 2.24) is 0 Å². The quantitative estimate of drug-likeness (QED) is 0.549. The van der Waals surface area contributed by atoms with E-state index in [9.17, 15) is 4.79 Å². The van der Waals surface area contributed by atoms with Gasteiger partial charge in [0.25, 0.3) is 0 Å². The number of benzene rings is 1. The average Bonchev–Trinajstić information content (AvgIpc) is 3.49. The maximum absolute atomic E-state index is 12.7. The van der Waals surface area contributed by atoms with Crippen LogP contribution in [-0.4, -0.2) is 24.8 Å². The van der Waals surface area contributed by atoms with Crippen molar-refractivity contribution in [2.75, 3.05) is 13.2 Å². The average molecular weight is 431 g/mol. The summed E-state index contributed by atoms with van der Waals surface area (Å²) >= 11 is 0. The van der Waals surface area contributed by atoms with Crippen LogP contribution in [0.4, 0.5) is 0 Å². The van der Waals surface area contributed by atoms with Crippen molar-refractivity contribution in [2.45, 2.75) is 82.8 Å². The second kappa shape index (κ2) is 6.90. The minimum Gasteiger partial charge on any atom is -0.343 e. The zero-order chi connectivity index (χ0) is 21.5. The van der Waals surface area contributed by atoms with Gasteiger partial charge in [0.05, 0.1) is 13.2 Å². The SMILES string of the molecule is C[C@]12CCC3=C4CCC5(OCCO5)C(c5ccc(C6CC6)cc5)=C4CC[C@H]3[C@@H]1CCC2=O. The predicted octanol–water partition coefficient (Wildman–Crippen LogP) is 6.34. The van der Waals surface area contributed by atoms with Crippen LogP contribution in [0.15, 0.2) is 41.0 Å². The molecule has 6 aliphatic rings. The van der Waals surface area contributed by atoms with E-state index in [0.29, 0.717) is 30.8 Å². The molecule has 1 heterocycles. The molecule has 0 unspecified atom stereocenters. The van der Waals surface area contributed by atoms with Gasteiger partial charge in [0.2, 0.25) is 0 Å². The van der Waals surface area contributed by atoms with E-state index in [1.165, 1.54) is 41.5 Å². The van der Waals surface area contributed by atoms with Crippen LogP contribution < -0.4 is 0 Å². The van der Waals surface area contributed by atoms with E-state index in [2.05, 4.69) is 31.2 Å². The lowest BCUT2D eigenvalue weighted by Crippen LogP contribution is -2.42. The summed E-state index contributed by atoms with van der Waals surface area (Å²) in [5.41, 5.74) is 8.83. The zero-order valence-corrected chi connectivity index (χ0v) is 19.3. The van der Waals surface area contributed by atoms with Crippen LogP contribution in [0.25, 0.3) is 5.57 Å². The van der Waals surface area contributed by atoms with E-state index >= 15 is 0 Å². The van der Waals surface area contributed by atoms with Gasteiger partial charge in [-0.1, -0.05) is 36.8 Å². The van der Waals surface area contributed by atoms with E-state index < -0.39 is 5.79 Å². The maximum Gasteiger partial charge on any atom is 0.196 e. The molecule has 1 aliphatic heterocycles. The fraction of sp³-hybridized carbons (Fsp3) is 0.621. The topological polar surface area (TPSA) is 35.5 Å². The van der Waals surface area contributed by atoms with Crippen molar-refractivity contribution in [2.24, 2.45) is 17.3 Å². The van der Waals surface area contributed by atoms with Gasteiger partial charge < -0.3 is 9.47 Å². The molecule has 1 aromatic rings. The van der Waals surface area contributed by atoms with E-state index in [1.807, 2.05) is 0 Å². The monoisotopic (exact) mass is 430 g/mol. The Kier molecular flexibility index (Phi) is 4.25. The molecule has 0 N–H and O–H groups in total. The molecule has 32 heavy (non-hydrogen) atoms. The largest absolute Gasteiger partial charge is 0.343 e. The number of rotatable bonds is 2. The van der Waals surface area contributed by atoms with Crippen molar-refractivity contribution >= 4 is 11.4 Å². The minimum atomic E-state index is -0.556. The Morgan fingerprint density at radius 1 is 0.844 bits per heavy atom. The molecule has 7 rings (SSSR count). The summed E-state index contributed by atoms with van der Waals surface area (Å²) in [5.74, 6) is 1.92. The first-order chi connectivity index (χ1) is 15.6. The molecule has 0 aromatic heterocycles. The Labute approximate surface area is 191 Å². The summed E-state index contributed by atoms with van der Waals surface area (Å²) in [4.78, 5) is 12.7. The highest BCUT2D eigenvalue weighted by Gasteiger charge is 2.55. The van der Waals surface area contributed by atoms with Gasteiger partial charge in [-0.15, -0.1) is 0 Å². The van der Waals surface area contributed by atoms with Crippen LogP contribution in [0.2, 0.25) is 0 Å². The van der Waals surface area contributed by atoms with Gasteiger partial charge in [-0.25, -0.2) is 0 Å². The number of fused-ring (bicyclic) bond motifs is 4. The normalized spacial score (nSPS) is 35.8. The molecule has 1 aromatic carbocycles. The molecule has 3 saturated carbocycles. The predicted molar refractivity (Wildman–Crippen MR) is 124 cm³/mol. The molecule has 168 valence electrons. The molecule has 0 amide bonds. The third kappa shape index (κ3) is 2.70. The van der Waals surface area contributed by atoms with Crippen molar-refractivity contribution in [3.63, 3.8) is 0 Å². The van der Waals surface area contributed by atoms with Gasteiger partial charge in [0.1, 0.15) is 5.78 Å². The van der Waals surface area contributed by atoms with Crippen molar-refractivity contribution < 1.29 is 14.3 Å². The lowest BCUT2D eigenvalue weighted by atomic mass is 9.57. The number of ketones is 1. The highest BCUT2D eigenvalue weighted by Crippen LogP contribution is 2.61. The first-order valence-electron chi connectivity index (χ1n) is 13.0. The lowest BCUT2D eigenvalue weighted by molar-refractivity contribution is -0.128. The Bertz CT molecular complexity index is 1030. The summed E-state index contributed by atoms with van der Waals surface area (Å²) in [7, 11) is 0. The molecule has 5 aliphatic carbocycles. The highest BCUT2D eigenvalue weighted by molar-refractivity contribution is 5.87. The molecule has 3 atom stereocenters. The Morgan fingerprint density at radius 3 is 2.38 bits per heavy atom. The second-order valence-corrected chi connectivity index (χ2v) is 11.3. The van der Waals surface area contributed by atoms with Crippen molar-refractivity contribution in [1.29, 1.82) is 0 Å². The fourth-order valence-electron chi connectivity index (χ4n) is 7.99. The van der Waals surface area contributed by atoms with Crippen LogP contribution in [-0.2, 0) is 14.3 Å². The van der Waals surface area contributed by atoms with Crippen LogP contribution in [0, 0.1) is 17.3 Å². The molecule has 0 radical (unpaired) electrons. The smallest absolute Gasteiger partial charge is 0.196 e. The number of allylic oxidation sites excluding steroid dienone is 3. The Morgan fingerprint density at radius 2 is 1.62 bits per heavy atom. The van der Waals surface area contributed by atoms with E-state index in [4.69, 9.17) is 9.47 Å². The summed E-state index contributed by atoms with van der Waals surface area (Å²) in [5, 5.41) is 0. The molecule has 1 saturated heterocycles. The number of hydrogen-bond donors (Lipinski definition) is 0. The molecular weight excluding hydrogens is 396 g/mol. The number of carbonyl (C=O) groups is 1. The van der Waals surface area contributed by atoms with Crippen LogP contribution in [0.1, 0.15) is 88.2 Å². The zero-order valence-electron chi connectivity index (χ0n) is 19.3. The van der Waals surface area contributed by atoms with E-state index in [-0.39, 0.29) is 5.41 Å². The van der Waals surface area contributed by atoms with Crippen LogP contribution >= 0.6 is 0 Å². The Hall–Kier alpha value is -1.71. The van der Waals surface area contributed by atoms with Crippen molar-refractivity contribution in [3.05, 3.63) is 52.1 Å². The van der Waals surface area contributed by atoms with Gasteiger partial charge in [0.15, 0.2) is 5.79 Å². The maximum atomic E-state index is 12.7. The third-order valence-electron chi connectivity index (χ3n) is 9.83. The van der Waals surface area contributed by atoms with Crippen LogP contribution in [0.3, 0.4) is 0 Å². The van der Waals surface area contributed by atoms with Gasteiger partial charge in [-0.2, -0.15) is 0 Å². The van der Waals surface area contributed by atoms with Crippen molar-refractivity contribution in [3.8, 4) is 0 Å². The summed E-state index contributed by atoms with van der Waals surface area (Å²) < 4.78 is 12.8. The highest BCUT2D eigenvalue weighted by atomic mass is 16.7. The Balaban J connectivity index is 1.35. The van der Waals surface area contributed by atoms with Gasteiger partial charge in [-0.05, 0) is 91.4 Å². The van der Waals surface area contributed by atoms with E-state index in [1.54, 1.807) is 11.1 Å². The van der Waals surface area contributed by atoms with Crippen LogP contribution in [0.5, 0.6) is 0 Å². The number of ether oxygens (including phenoxy) is 2. The van der Waals surface area contributed by atoms with Gasteiger partial charge in [0, 0.05) is 23.8 Å². The summed E-state index contributed by atoms with van der Waals surface area (Å²) in [6.07, 6.45) is 11.0. The molecule has 3 heteroatoms. The van der Waals surface area contributed by atoms with Gasteiger partial charge >= 0.3 is 0 Å². The lowest BCUT2D eigenvalue weighted by Gasteiger charge is -2.48. The first-order valence-corrected chi connectivity index (χ1v) is 13.0. The fourth-order valence-corrected chi connectivity index (χ4v) is 7.99. The minimum absolute atomic E-state index is 0.0645. The van der Waals surface area contributed by atoms with Gasteiger partial charge in [-0.3, -0.25) is 4.79 Å². The molecule has 1 spiro atoms. The molecular formula is C29H34O3. The molecule has 3 nitrogen and oxygen atoms in total. The summed E-state index contributed by atoms with van der Waals surface area (Å²) in [6.45, 7) is 3.64. The molecule has 4 fully saturated rings. The summed E-state index contributed by atoms with van der Waals surface area (Å²) in [6, 6.07) is 9.34. The second-order valence-electron chi connectivity index (χ2n) is 11.3. The third-order valence-corrected chi connectivity index (χ3v) is 9.83.